The van der Waals surface area contributed by atoms with Crippen LogP contribution in [-0.4, -0.2) is 22.3 Å². The van der Waals surface area contributed by atoms with Crippen molar-refractivity contribution in [1.29, 1.82) is 5.26 Å². The van der Waals surface area contributed by atoms with Crippen LogP contribution >= 0.6 is 23.4 Å². The van der Waals surface area contributed by atoms with Crippen molar-refractivity contribution in [3.63, 3.8) is 0 Å². The Morgan fingerprint density at radius 2 is 2.27 bits per heavy atom. The number of nitrogens with one attached hydrogen (secondary N) is 1. The zero-order chi connectivity index (χ0) is 10.8. The topological polar surface area (TPSA) is 61.6 Å². The minimum Gasteiger partial charge on any atom is -0.366 e. The van der Waals surface area contributed by atoms with Gasteiger partial charge in [0.2, 0.25) is 0 Å². The molecule has 0 spiro atoms. The van der Waals surface area contributed by atoms with Crippen LogP contribution in [-0.2, 0) is 0 Å². The van der Waals surface area contributed by atoms with Gasteiger partial charge in [-0.25, -0.2) is 9.97 Å². The van der Waals surface area contributed by atoms with E-state index in [-0.39, 0.29) is 5.15 Å². The SMILES string of the molecule is CSc1nc(Cl)c(C#N)c(NC2CC2)n1. The van der Waals surface area contributed by atoms with Gasteiger partial charge < -0.3 is 5.32 Å². The number of hydrogen-bond acceptors (Lipinski definition) is 5. The van der Waals surface area contributed by atoms with Crippen LogP contribution in [0.15, 0.2) is 5.16 Å². The summed E-state index contributed by atoms with van der Waals surface area (Å²) < 4.78 is 0. The molecule has 0 atom stereocenters. The molecule has 0 aliphatic heterocycles. The Labute approximate surface area is 97.1 Å². The van der Waals surface area contributed by atoms with Crippen LogP contribution in [0.5, 0.6) is 0 Å². The lowest BCUT2D eigenvalue weighted by Gasteiger charge is -2.07. The highest BCUT2D eigenvalue weighted by molar-refractivity contribution is 7.98. The summed E-state index contributed by atoms with van der Waals surface area (Å²) in [6.45, 7) is 0. The maximum atomic E-state index is 8.93. The molecule has 15 heavy (non-hydrogen) atoms. The van der Waals surface area contributed by atoms with Gasteiger partial charge in [-0.15, -0.1) is 0 Å². The molecular formula is C9H9ClN4S. The van der Waals surface area contributed by atoms with Crippen LogP contribution in [0.3, 0.4) is 0 Å². The normalized spacial score (nSPS) is 14.7. The molecule has 1 fully saturated rings. The van der Waals surface area contributed by atoms with Gasteiger partial charge in [-0.1, -0.05) is 23.4 Å². The van der Waals surface area contributed by atoms with Crippen LogP contribution < -0.4 is 5.32 Å². The smallest absolute Gasteiger partial charge is 0.190 e. The van der Waals surface area contributed by atoms with Crippen molar-refractivity contribution < 1.29 is 0 Å². The van der Waals surface area contributed by atoms with E-state index in [0.717, 1.165) is 12.8 Å². The van der Waals surface area contributed by atoms with Gasteiger partial charge in [0.1, 0.15) is 17.5 Å². The third kappa shape index (κ3) is 2.33. The van der Waals surface area contributed by atoms with Gasteiger partial charge in [0.25, 0.3) is 0 Å². The Bertz CT molecular complexity index is 425. The van der Waals surface area contributed by atoms with E-state index < -0.39 is 0 Å². The summed E-state index contributed by atoms with van der Waals surface area (Å²) in [5.74, 6) is 0.560. The maximum Gasteiger partial charge on any atom is 0.190 e. The van der Waals surface area contributed by atoms with Crippen LogP contribution in [0.25, 0.3) is 0 Å². The molecule has 0 amide bonds. The first-order valence-corrected chi connectivity index (χ1v) is 6.13. The van der Waals surface area contributed by atoms with E-state index in [0.29, 0.717) is 22.6 Å². The Kier molecular flexibility index (Phi) is 2.98. The molecule has 1 N–H and O–H groups in total. The molecule has 0 aromatic carbocycles. The van der Waals surface area contributed by atoms with E-state index in [1.54, 1.807) is 0 Å². The molecule has 78 valence electrons. The van der Waals surface area contributed by atoms with Gasteiger partial charge in [0.15, 0.2) is 10.3 Å². The van der Waals surface area contributed by atoms with Crippen LogP contribution in [0.2, 0.25) is 5.15 Å². The molecule has 1 aromatic rings. The second-order valence-corrected chi connectivity index (χ2v) is 4.39. The average Bonchev–Trinajstić information content (AvgIpc) is 3.01. The monoisotopic (exact) mass is 240 g/mol. The lowest BCUT2D eigenvalue weighted by Crippen LogP contribution is -2.07. The fourth-order valence-corrected chi connectivity index (χ4v) is 1.76. The fourth-order valence-electron chi connectivity index (χ4n) is 1.13. The zero-order valence-electron chi connectivity index (χ0n) is 8.12. The number of hydrogen-bond donors (Lipinski definition) is 1. The summed E-state index contributed by atoms with van der Waals surface area (Å²) in [5, 5.41) is 12.9. The van der Waals surface area contributed by atoms with Gasteiger partial charge >= 0.3 is 0 Å². The third-order valence-electron chi connectivity index (χ3n) is 2.06. The average molecular weight is 241 g/mol. The molecule has 2 rings (SSSR count). The molecule has 6 heteroatoms. The van der Waals surface area contributed by atoms with Crippen LogP contribution in [0.1, 0.15) is 18.4 Å². The minimum atomic E-state index is 0.222. The van der Waals surface area contributed by atoms with Gasteiger partial charge in [-0.05, 0) is 19.1 Å². The zero-order valence-corrected chi connectivity index (χ0v) is 9.69. The predicted molar refractivity (Wildman–Crippen MR) is 60.2 cm³/mol. The molecular weight excluding hydrogens is 232 g/mol. The molecule has 4 nitrogen and oxygen atoms in total. The van der Waals surface area contributed by atoms with Gasteiger partial charge in [0, 0.05) is 6.04 Å². The Morgan fingerprint density at radius 3 is 2.80 bits per heavy atom. The molecule has 1 aromatic heterocycles. The van der Waals surface area contributed by atoms with E-state index >= 15 is 0 Å². The van der Waals surface area contributed by atoms with Gasteiger partial charge in [-0.3, -0.25) is 0 Å². The number of nitriles is 1. The van der Waals surface area contributed by atoms with Crippen molar-refractivity contribution in [2.45, 2.75) is 24.0 Å². The number of nitrogens with zero attached hydrogens (tertiary/aromatic N) is 3. The number of anilines is 1. The summed E-state index contributed by atoms with van der Waals surface area (Å²) in [4.78, 5) is 8.24. The second-order valence-electron chi connectivity index (χ2n) is 3.26. The van der Waals surface area contributed by atoms with Crippen molar-refractivity contribution in [2.75, 3.05) is 11.6 Å². The van der Waals surface area contributed by atoms with Gasteiger partial charge in [0.05, 0.1) is 0 Å². The van der Waals surface area contributed by atoms with E-state index in [1.165, 1.54) is 11.8 Å². The predicted octanol–water partition coefficient (Wildman–Crippen LogP) is 2.30. The first kappa shape index (κ1) is 10.5. The van der Waals surface area contributed by atoms with Crippen molar-refractivity contribution in [1.82, 2.24) is 9.97 Å². The summed E-state index contributed by atoms with van der Waals surface area (Å²) >= 11 is 7.30. The van der Waals surface area contributed by atoms with Crippen molar-refractivity contribution >= 4 is 29.2 Å². The maximum absolute atomic E-state index is 8.93. The van der Waals surface area contributed by atoms with Crippen LogP contribution in [0.4, 0.5) is 5.82 Å². The summed E-state index contributed by atoms with van der Waals surface area (Å²) in [5.41, 5.74) is 0.335. The van der Waals surface area contributed by atoms with E-state index in [4.69, 9.17) is 16.9 Å². The highest BCUT2D eigenvalue weighted by Gasteiger charge is 2.24. The first-order chi connectivity index (χ1) is 7.24. The minimum absolute atomic E-state index is 0.222. The highest BCUT2D eigenvalue weighted by atomic mass is 35.5. The summed E-state index contributed by atoms with van der Waals surface area (Å²) in [6.07, 6.45) is 4.13. The number of thioether (sulfide) groups is 1. The lowest BCUT2D eigenvalue weighted by atomic mass is 10.3. The van der Waals surface area contributed by atoms with E-state index in [9.17, 15) is 0 Å². The first-order valence-electron chi connectivity index (χ1n) is 4.52. The Morgan fingerprint density at radius 1 is 1.53 bits per heavy atom. The molecule has 0 radical (unpaired) electrons. The standard InChI is InChI=1S/C9H9ClN4S/c1-15-9-13-7(10)6(4-11)8(14-9)12-5-2-3-5/h5H,2-3H2,1H3,(H,12,13,14). The van der Waals surface area contributed by atoms with E-state index in [2.05, 4.69) is 15.3 Å². The number of rotatable bonds is 3. The molecule has 0 saturated heterocycles. The molecule has 1 aliphatic rings. The van der Waals surface area contributed by atoms with Crippen molar-refractivity contribution in [3.8, 4) is 6.07 Å². The molecule has 0 bridgehead atoms. The fraction of sp³-hybridized carbons (Fsp3) is 0.444. The third-order valence-corrected chi connectivity index (χ3v) is 2.88. The molecule has 0 unspecified atom stereocenters. The van der Waals surface area contributed by atoms with E-state index in [1.807, 2.05) is 12.3 Å². The summed E-state index contributed by atoms with van der Waals surface area (Å²) in [6, 6.07) is 2.46. The lowest BCUT2D eigenvalue weighted by molar-refractivity contribution is 0.949. The van der Waals surface area contributed by atoms with Gasteiger partial charge in [-0.2, -0.15) is 5.26 Å². The molecule has 1 aliphatic carbocycles. The van der Waals surface area contributed by atoms with Crippen LogP contribution in [0, 0.1) is 11.3 Å². The number of aromatic nitrogens is 2. The second kappa shape index (κ2) is 4.25. The Hall–Kier alpha value is -0.990. The van der Waals surface area contributed by atoms with Crippen molar-refractivity contribution in [2.24, 2.45) is 0 Å². The Balaban J connectivity index is 2.38. The number of halogens is 1. The molecule has 1 saturated carbocycles. The molecule has 1 heterocycles. The highest BCUT2D eigenvalue weighted by Crippen LogP contribution is 2.29. The quantitative estimate of drug-likeness (QED) is 0.499. The largest absolute Gasteiger partial charge is 0.366 e. The summed E-state index contributed by atoms with van der Waals surface area (Å²) in [7, 11) is 0. The van der Waals surface area contributed by atoms with Crippen molar-refractivity contribution in [3.05, 3.63) is 10.7 Å².